The highest BCUT2D eigenvalue weighted by molar-refractivity contribution is 5.92. The van der Waals surface area contributed by atoms with Gasteiger partial charge in [-0.15, -0.1) is 0 Å². The van der Waals surface area contributed by atoms with E-state index in [1.807, 2.05) is 70.2 Å². The SMILES string of the molecule is CC(C)CNC(=O)COC(=O)[C@@H](NC(=O)Cc1cccc2ccccc12)C(C)C. The normalized spacial score (nSPS) is 12.1. The van der Waals surface area contributed by atoms with Crippen LogP contribution in [0.4, 0.5) is 0 Å². The van der Waals surface area contributed by atoms with Crippen LogP contribution in [0.1, 0.15) is 33.3 Å². The van der Waals surface area contributed by atoms with Gasteiger partial charge in [-0.1, -0.05) is 70.2 Å². The highest BCUT2D eigenvalue weighted by Crippen LogP contribution is 2.19. The Morgan fingerprint density at radius 3 is 2.31 bits per heavy atom. The van der Waals surface area contributed by atoms with Gasteiger partial charge in [0.2, 0.25) is 5.91 Å². The van der Waals surface area contributed by atoms with Gasteiger partial charge < -0.3 is 15.4 Å². The summed E-state index contributed by atoms with van der Waals surface area (Å²) in [5, 5.41) is 7.52. The lowest BCUT2D eigenvalue weighted by molar-refractivity contribution is -0.152. The Kier molecular flexibility index (Phi) is 8.19. The Hall–Kier alpha value is -2.89. The van der Waals surface area contributed by atoms with Crippen molar-refractivity contribution in [2.75, 3.05) is 13.2 Å². The fourth-order valence-electron chi connectivity index (χ4n) is 2.94. The first kappa shape index (κ1) is 22.4. The molecule has 0 aliphatic carbocycles. The molecule has 2 aromatic carbocycles. The molecule has 0 unspecified atom stereocenters. The molecule has 0 heterocycles. The smallest absolute Gasteiger partial charge is 0.329 e. The van der Waals surface area contributed by atoms with Crippen LogP contribution >= 0.6 is 0 Å². The molecule has 0 fully saturated rings. The maximum Gasteiger partial charge on any atom is 0.329 e. The van der Waals surface area contributed by atoms with E-state index in [-0.39, 0.29) is 30.8 Å². The summed E-state index contributed by atoms with van der Waals surface area (Å²) in [6.45, 7) is 7.77. The Balaban J connectivity index is 1.96. The van der Waals surface area contributed by atoms with Gasteiger partial charge in [0, 0.05) is 6.54 Å². The molecule has 2 amide bonds. The zero-order valence-electron chi connectivity index (χ0n) is 17.5. The van der Waals surface area contributed by atoms with Gasteiger partial charge in [0.25, 0.3) is 5.91 Å². The van der Waals surface area contributed by atoms with Crippen LogP contribution in [0.15, 0.2) is 42.5 Å². The van der Waals surface area contributed by atoms with Crippen LogP contribution in [0.5, 0.6) is 0 Å². The van der Waals surface area contributed by atoms with Crippen LogP contribution in [-0.4, -0.2) is 37.0 Å². The summed E-state index contributed by atoms with van der Waals surface area (Å²) >= 11 is 0. The molecule has 2 N–H and O–H groups in total. The number of benzene rings is 2. The number of hydrogen-bond acceptors (Lipinski definition) is 4. The number of esters is 1. The minimum absolute atomic E-state index is 0.159. The number of amides is 2. The second kappa shape index (κ2) is 10.6. The van der Waals surface area contributed by atoms with Crippen molar-refractivity contribution < 1.29 is 19.1 Å². The number of carbonyl (C=O) groups is 3. The quantitative estimate of drug-likeness (QED) is 0.636. The minimum atomic E-state index is -0.810. The zero-order chi connectivity index (χ0) is 21.4. The summed E-state index contributed by atoms with van der Waals surface area (Å²) in [4.78, 5) is 36.8. The molecule has 6 heteroatoms. The molecule has 0 spiro atoms. The number of hydrogen-bond donors (Lipinski definition) is 2. The van der Waals surface area contributed by atoms with Crippen molar-refractivity contribution in [2.45, 2.75) is 40.2 Å². The molecule has 0 bridgehead atoms. The third kappa shape index (κ3) is 6.89. The standard InChI is InChI=1S/C23H30N2O4/c1-15(2)13-24-21(27)14-29-23(28)22(16(3)4)25-20(26)12-18-10-7-9-17-8-5-6-11-19(17)18/h5-11,15-16,22H,12-14H2,1-4H3,(H,24,27)(H,25,26)/t22-/m0/s1. The van der Waals surface area contributed by atoms with Gasteiger partial charge in [-0.25, -0.2) is 4.79 Å². The van der Waals surface area contributed by atoms with Crippen molar-refractivity contribution in [1.29, 1.82) is 0 Å². The summed E-state index contributed by atoms with van der Waals surface area (Å²) in [7, 11) is 0. The Morgan fingerprint density at radius 2 is 1.62 bits per heavy atom. The minimum Gasteiger partial charge on any atom is -0.454 e. The topological polar surface area (TPSA) is 84.5 Å². The van der Waals surface area contributed by atoms with Crippen LogP contribution in [0.2, 0.25) is 0 Å². The van der Waals surface area contributed by atoms with Crippen LogP contribution < -0.4 is 10.6 Å². The summed E-state index contributed by atoms with van der Waals surface area (Å²) in [6.07, 6.45) is 0.159. The van der Waals surface area contributed by atoms with Crippen molar-refractivity contribution in [3.8, 4) is 0 Å². The highest BCUT2D eigenvalue weighted by Gasteiger charge is 2.26. The lowest BCUT2D eigenvalue weighted by Crippen LogP contribution is -2.46. The first-order chi connectivity index (χ1) is 13.8. The maximum absolute atomic E-state index is 12.6. The Morgan fingerprint density at radius 1 is 0.931 bits per heavy atom. The molecule has 0 aromatic heterocycles. The summed E-state index contributed by atoms with van der Waals surface area (Å²) in [5.41, 5.74) is 0.893. The van der Waals surface area contributed by atoms with E-state index < -0.39 is 12.0 Å². The van der Waals surface area contributed by atoms with E-state index in [1.165, 1.54) is 0 Å². The van der Waals surface area contributed by atoms with Gasteiger partial charge in [0.05, 0.1) is 6.42 Å². The number of carbonyl (C=O) groups excluding carboxylic acids is 3. The molecule has 29 heavy (non-hydrogen) atoms. The van der Waals surface area contributed by atoms with Gasteiger partial charge >= 0.3 is 5.97 Å². The summed E-state index contributed by atoms with van der Waals surface area (Å²) in [6, 6.07) is 12.9. The maximum atomic E-state index is 12.6. The molecule has 2 aromatic rings. The molecule has 0 saturated heterocycles. The molecule has 1 atom stereocenters. The largest absolute Gasteiger partial charge is 0.454 e. The average Bonchev–Trinajstić information content (AvgIpc) is 2.68. The number of nitrogens with one attached hydrogen (secondary N) is 2. The van der Waals surface area contributed by atoms with E-state index in [4.69, 9.17) is 4.74 Å². The van der Waals surface area contributed by atoms with Gasteiger partial charge in [0.1, 0.15) is 6.04 Å². The second-order valence-electron chi connectivity index (χ2n) is 7.91. The molecule has 0 aliphatic rings. The van der Waals surface area contributed by atoms with Crippen molar-refractivity contribution in [1.82, 2.24) is 10.6 Å². The van der Waals surface area contributed by atoms with E-state index in [2.05, 4.69) is 10.6 Å². The fraction of sp³-hybridized carbons (Fsp3) is 0.435. The van der Waals surface area contributed by atoms with Crippen LogP contribution in [0.25, 0.3) is 10.8 Å². The van der Waals surface area contributed by atoms with Gasteiger partial charge in [-0.05, 0) is 28.2 Å². The number of fused-ring (bicyclic) bond motifs is 1. The van der Waals surface area contributed by atoms with E-state index in [0.717, 1.165) is 16.3 Å². The van der Waals surface area contributed by atoms with Crippen LogP contribution in [0, 0.1) is 11.8 Å². The van der Waals surface area contributed by atoms with Crippen LogP contribution in [-0.2, 0) is 25.5 Å². The lowest BCUT2D eigenvalue weighted by atomic mass is 10.0. The van der Waals surface area contributed by atoms with E-state index in [0.29, 0.717) is 12.5 Å². The molecule has 0 radical (unpaired) electrons. The zero-order valence-corrected chi connectivity index (χ0v) is 17.5. The van der Waals surface area contributed by atoms with Crippen molar-refractivity contribution >= 4 is 28.6 Å². The molecular weight excluding hydrogens is 368 g/mol. The monoisotopic (exact) mass is 398 g/mol. The fourth-order valence-corrected chi connectivity index (χ4v) is 2.94. The Bertz CT molecular complexity index is 856. The molecule has 6 nitrogen and oxygen atoms in total. The first-order valence-electron chi connectivity index (χ1n) is 9.97. The predicted octanol–water partition coefficient (Wildman–Crippen LogP) is 2.84. The lowest BCUT2D eigenvalue weighted by Gasteiger charge is -2.21. The average molecular weight is 399 g/mol. The van der Waals surface area contributed by atoms with Gasteiger partial charge in [0.15, 0.2) is 6.61 Å². The van der Waals surface area contributed by atoms with E-state index in [1.54, 1.807) is 0 Å². The second-order valence-corrected chi connectivity index (χ2v) is 7.91. The Labute approximate surface area is 172 Å². The van der Waals surface area contributed by atoms with Crippen molar-refractivity contribution in [3.63, 3.8) is 0 Å². The first-order valence-corrected chi connectivity index (χ1v) is 9.97. The third-order valence-electron chi connectivity index (χ3n) is 4.52. The molecule has 0 saturated carbocycles. The van der Waals surface area contributed by atoms with Gasteiger partial charge in [-0.2, -0.15) is 0 Å². The predicted molar refractivity (Wildman–Crippen MR) is 113 cm³/mol. The highest BCUT2D eigenvalue weighted by atomic mass is 16.5. The van der Waals surface area contributed by atoms with Gasteiger partial charge in [-0.3, -0.25) is 9.59 Å². The summed E-state index contributed by atoms with van der Waals surface area (Å²) in [5.74, 6) is -1.08. The molecule has 156 valence electrons. The third-order valence-corrected chi connectivity index (χ3v) is 4.52. The summed E-state index contributed by atoms with van der Waals surface area (Å²) < 4.78 is 5.12. The molecule has 2 rings (SSSR count). The van der Waals surface area contributed by atoms with Crippen molar-refractivity contribution in [2.24, 2.45) is 11.8 Å². The van der Waals surface area contributed by atoms with E-state index >= 15 is 0 Å². The molecular formula is C23H30N2O4. The number of rotatable bonds is 9. The van der Waals surface area contributed by atoms with Crippen molar-refractivity contribution in [3.05, 3.63) is 48.0 Å². The van der Waals surface area contributed by atoms with E-state index in [9.17, 15) is 14.4 Å². The number of ether oxygens (including phenoxy) is 1. The molecule has 0 aliphatic heterocycles. The van der Waals surface area contributed by atoms with Crippen LogP contribution in [0.3, 0.4) is 0 Å².